The first-order valence-corrected chi connectivity index (χ1v) is 8.94. The van der Waals surface area contributed by atoms with Crippen LogP contribution in [0.4, 0.5) is 0 Å². The van der Waals surface area contributed by atoms with Crippen molar-refractivity contribution in [2.75, 3.05) is 7.11 Å². The van der Waals surface area contributed by atoms with Crippen LogP contribution in [-0.2, 0) is 17.9 Å². The van der Waals surface area contributed by atoms with Crippen LogP contribution in [0.1, 0.15) is 16.7 Å². The summed E-state index contributed by atoms with van der Waals surface area (Å²) >= 11 is 0. The third-order valence-corrected chi connectivity index (χ3v) is 4.29. The minimum atomic E-state index is -0.0337. The van der Waals surface area contributed by atoms with Gasteiger partial charge in [0.1, 0.15) is 5.75 Å². The Kier molecular flexibility index (Phi) is 6.42. The van der Waals surface area contributed by atoms with Crippen LogP contribution in [0.2, 0.25) is 0 Å². The van der Waals surface area contributed by atoms with Gasteiger partial charge in [0.15, 0.2) is 0 Å². The molecule has 3 nitrogen and oxygen atoms in total. The fourth-order valence-electron chi connectivity index (χ4n) is 2.89. The molecule has 0 N–H and O–H groups in total. The standard InChI is InChI=1S/C24H23NO2/c1-27-23-15-9-8-14-22(23)16-17-24(26)25(18-20-10-4-2-5-11-20)19-21-12-6-3-7-13-21/h2-17H,18-19H2,1H3/b17-16+. The second-order valence-corrected chi connectivity index (χ2v) is 6.24. The summed E-state index contributed by atoms with van der Waals surface area (Å²) < 4.78 is 5.35. The van der Waals surface area contributed by atoms with Gasteiger partial charge in [0.2, 0.25) is 5.91 Å². The topological polar surface area (TPSA) is 29.5 Å². The molecule has 0 heterocycles. The van der Waals surface area contributed by atoms with Crippen LogP contribution < -0.4 is 4.74 Å². The van der Waals surface area contributed by atoms with E-state index in [9.17, 15) is 4.79 Å². The van der Waals surface area contributed by atoms with Gasteiger partial charge < -0.3 is 9.64 Å². The van der Waals surface area contributed by atoms with Crippen LogP contribution in [0.15, 0.2) is 91.0 Å². The maximum atomic E-state index is 12.9. The Morgan fingerprint density at radius 2 is 1.33 bits per heavy atom. The van der Waals surface area contributed by atoms with Crippen molar-refractivity contribution in [2.24, 2.45) is 0 Å². The van der Waals surface area contributed by atoms with E-state index in [-0.39, 0.29) is 5.91 Å². The lowest BCUT2D eigenvalue weighted by atomic mass is 10.1. The molecule has 3 aromatic rings. The van der Waals surface area contributed by atoms with Crippen molar-refractivity contribution in [3.8, 4) is 5.75 Å². The molecule has 1 amide bonds. The van der Waals surface area contributed by atoms with Gasteiger partial charge >= 0.3 is 0 Å². The van der Waals surface area contributed by atoms with Crippen molar-refractivity contribution in [1.29, 1.82) is 0 Å². The van der Waals surface area contributed by atoms with Crippen molar-refractivity contribution < 1.29 is 9.53 Å². The summed E-state index contributed by atoms with van der Waals surface area (Å²) in [5, 5.41) is 0. The first kappa shape index (κ1) is 18.5. The molecule has 0 aliphatic heterocycles. The summed E-state index contributed by atoms with van der Waals surface area (Å²) in [6.07, 6.45) is 3.42. The molecular weight excluding hydrogens is 334 g/mol. The smallest absolute Gasteiger partial charge is 0.247 e. The number of carbonyl (C=O) groups is 1. The number of nitrogens with zero attached hydrogens (tertiary/aromatic N) is 1. The number of benzene rings is 3. The molecule has 0 unspecified atom stereocenters. The molecule has 0 atom stereocenters. The maximum absolute atomic E-state index is 12.9. The van der Waals surface area contributed by atoms with Crippen LogP contribution in [0.3, 0.4) is 0 Å². The van der Waals surface area contributed by atoms with Gasteiger partial charge in [-0.1, -0.05) is 78.9 Å². The summed E-state index contributed by atoms with van der Waals surface area (Å²) in [4.78, 5) is 14.8. The van der Waals surface area contributed by atoms with Gasteiger partial charge in [-0.3, -0.25) is 4.79 Å². The Hall–Kier alpha value is -3.33. The zero-order valence-corrected chi connectivity index (χ0v) is 15.4. The van der Waals surface area contributed by atoms with E-state index in [2.05, 4.69) is 0 Å². The number of ether oxygens (including phenoxy) is 1. The third-order valence-electron chi connectivity index (χ3n) is 4.29. The van der Waals surface area contributed by atoms with Crippen LogP contribution in [0, 0.1) is 0 Å². The van der Waals surface area contributed by atoms with Gasteiger partial charge in [-0.05, 0) is 23.3 Å². The largest absolute Gasteiger partial charge is 0.496 e. The predicted octanol–water partition coefficient (Wildman–Crippen LogP) is 4.94. The zero-order chi connectivity index (χ0) is 18.9. The Balaban J connectivity index is 1.80. The van der Waals surface area contributed by atoms with E-state index < -0.39 is 0 Å². The van der Waals surface area contributed by atoms with E-state index in [1.54, 1.807) is 13.2 Å². The fraction of sp³-hybridized carbons (Fsp3) is 0.125. The summed E-state index contributed by atoms with van der Waals surface area (Å²) in [5.74, 6) is 0.716. The molecule has 0 aliphatic carbocycles. The fourth-order valence-corrected chi connectivity index (χ4v) is 2.89. The number of para-hydroxylation sites is 1. The summed E-state index contributed by atoms with van der Waals surface area (Å²) in [7, 11) is 1.63. The monoisotopic (exact) mass is 357 g/mol. The van der Waals surface area contributed by atoms with E-state index in [0.29, 0.717) is 13.1 Å². The van der Waals surface area contributed by atoms with Crippen molar-refractivity contribution >= 4 is 12.0 Å². The summed E-state index contributed by atoms with van der Waals surface area (Å²) in [6, 6.07) is 27.7. The quantitative estimate of drug-likeness (QED) is 0.561. The molecule has 0 fully saturated rings. The number of methoxy groups -OCH3 is 1. The van der Waals surface area contributed by atoms with E-state index in [0.717, 1.165) is 22.4 Å². The molecule has 0 saturated carbocycles. The number of hydrogen-bond donors (Lipinski definition) is 0. The lowest BCUT2D eigenvalue weighted by Crippen LogP contribution is -2.28. The average Bonchev–Trinajstić information content (AvgIpc) is 2.73. The van der Waals surface area contributed by atoms with Gasteiger partial charge in [0.25, 0.3) is 0 Å². The molecule has 0 bridgehead atoms. The van der Waals surface area contributed by atoms with Gasteiger partial charge in [0, 0.05) is 24.7 Å². The molecule has 0 aromatic heterocycles. The number of amides is 1. The molecule has 3 rings (SSSR count). The molecular formula is C24H23NO2. The highest BCUT2D eigenvalue weighted by Gasteiger charge is 2.12. The maximum Gasteiger partial charge on any atom is 0.247 e. The Bertz CT molecular complexity index is 847. The normalized spacial score (nSPS) is 10.7. The minimum absolute atomic E-state index is 0.0337. The van der Waals surface area contributed by atoms with Gasteiger partial charge in [-0.25, -0.2) is 0 Å². The predicted molar refractivity (Wildman–Crippen MR) is 109 cm³/mol. The van der Waals surface area contributed by atoms with Crippen molar-refractivity contribution in [2.45, 2.75) is 13.1 Å². The molecule has 3 heteroatoms. The lowest BCUT2D eigenvalue weighted by Gasteiger charge is -2.21. The molecule has 0 aliphatic rings. The van der Waals surface area contributed by atoms with Gasteiger partial charge in [0.05, 0.1) is 7.11 Å². The molecule has 0 spiro atoms. The Labute approximate surface area is 160 Å². The molecule has 27 heavy (non-hydrogen) atoms. The minimum Gasteiger partial charge on any atom is -0.496 e. The molecule has 136 valence electrons. The highest BCUT2D eigenvalue weighted by atomic mass is 16.5. The van der Waals surface area contributed by atoms with Crippen LogP contribution in [-0.4, -0.2) is 17.9 Å². The van der Waals surface area contributed by atoms with E-state index in [1.165, 1.54) is 0 Å². The van der Waals surface area contributed by atoms with Gasteiger partial charge in [-0.15, -0.1) is 0 Å². The highest BCUT2D eigenvalue weighted by molar-refractivity contribution is 5.92. The number of rotatable bonds is 7. The molecule has 0 saturated heterocycles. The number of hydrogen-bond acceptors (Lipinski definition) is 2. The SMILES string of the molecule is COc1ccccc1/C=C/C(=O)N(Cc1ccccc1)Cc1ccccc1. The second-order valence-electron chi connectivity index (χ2n) is 6.24. The van der Waals surface area contributed by atoms with Crippen LogP contribution in [0.5, 0.6) is 5.75 Å². The highest BCUT2D eigenvalue weighted by Crippen LogP contribution is 2.19. The summed E-state index contributed by atoms with van der Waals surface area (Å²) in [6.45, 7) is 1.12. The molecule has 0 radical (unpaired) electrons. The van der Waals surface area contributed by atoms with Crippen molar-refractivity contribution in [3.05, 3.63) is 108 Å². The van der Waals surface area contributed by atoms with Crippen LogP contribution in [0.25, 0.3) is 6.08 Å². The van der Waals surface area contributed by atoms with Crippen LogP contribution >= 0.6 is 0 Å². The Morgan fingerprint density at radius 3 is 1.89 bits per heavy atom. The van der Waals surface area contributed by atoms with Gasteiger partial charge in [-0.2, -0.15) is 0 Å². The third kappa shape index (κ3) is 5.32. The van der Waals surface area contributed by atoms with E-state index in [1.807, 2.05) is 95.9 Å². The first-order chi connectivity index (χ1) is 13.3. The van der Waals surface area contributed by atoms with Crippen molar-refractivity contribution in [1.82, 2.24) is 4.90 Å². The summed E-state index contributed by atoms with van der Waals surface area (Å²) in [5.41, 5.74) is 3.09. The first-order valence-electron chi connectivity index (χ1n) is 8.94. The zero-order valence-electron chi connectivity index (χ0n) is 15.4. The van der Waals surface area contributed by atoms with Crippen molar-refractivity contribution in [3.63, 3.8) is 0 Å². The average molecular weight is 357 g/mol. The Morgan fingerprint density at radius 1 is 0.815 bits per heavy atom. The van der Waals surface area contributed by atoms with E-state index in [4.69, 9.17) is 4.74 Å². The second kappa shape index (κ2) is 9.39. The number of carbonyl (C=O) groups excluding carboxylic acids is 1. The molecule has 3 aromatic carbocycles. The van der Waals surface area contributed by atoms with E-state index >= 15 is 0 Å². The lowest BCUT2D eigenvalue weighted by molar-refractivity contribution is -0.127.